The summed E-state index contributed by atoms with van der Waals surface area (Å²) in [5.74, 6) is 0.0728. The van der Waals surface area contributed by atoms with Crippen LogP contribution in [0.25, 0.3) is 0 Å². The molecule has 0 radical (unpaired) electrons. The number of alkyl carbamates (subject to hydrolysis) is 1. The molecule has 0 unspecified atom stereocenters. The molecule has 2 amide bonds. The van der Waals surface area contributed by atoms with Gasteiger partial charge in [-0.2, -0.15) is 0 Å². The van der Waals surface area contributed by atoms with Crippen LogP contribution in [0.5, 0.6) is 0 Å². The van der Waals surface area contributed by atoms with Crippen LogP contribution >= 0.6 is 0 Å². The number of carbonyl (C=O) groups excluding carboxylic acids is 2. The van der Waals surface area contributed by atoms with Gasteiger partial charge in [0.25, 0.3) is 0 Å². The highest BCUT2D eigenvalue weighted by Gasteiger charge is 2.29. The zero-order valence-electron chi connectivity index (χ0n) is 14.6. The molecule has 1 fully saturated rings. The molecular formula is C16H31N3O3. The number of rotatable bonds is 6. The Hall–Kier alpha value is -1.30. The summed E-state index contributed by atoms with van der Waals surface area (Å²) in [5, 5.41) is 5.96. The van der Waals surface area contributed by atoms with Gasteiger partial charge in [0, 0.05) is 24.7 Å². The van der Waals surface area contributed by atoms with Crippen molar-refractivity contribution in [2.75, 3.05) is 19.7 Å². The van der Waals surface area contributed by atoms with E-state index in [9.17, 15) is 9.59 Å². The summed E-state index contributed by atoms with van der Waals surface area (Å²) >= 11 is 0. The molecule has 0 aromatic heterocycles. The van der Waals surface area contributed by atoms with Crippen LogP contribution in [0.2, 0.25) is 0 Å². The average molecular weight is 313 g/mol. The Morgan fingerprint density at radius 1 is 1.27 bits per heavy atom. The minimum Gasteiger partial charge on any atom is -0.450 e. The quantitative estimate of drug-likeness (QED) is 0.785. The highest BCUT2D eigenvalue weighted by atomic mass is 16.5. The molecule has 6 nitrogen and oxygen atoms in total. The standard InChI is InChI=1S/C16H31N3O3/c1-6-16(4,5)18-14(20)12(3)19-10-8-13(9-11-19)17-15(21)22-7-2/h12-13H,6-11H2,1-5H3,(H,17,21)(H,18,20)/t12-/m0/s1. The number of likely N-dealkylation sites (tertiary alicyclic amines) is 1. The minimum absolute atomic E-state index is 0.0728. The monoisotopic (exact) mass is 313 g/mol. The summed E-state index contributed by atoms with van der Waals surface area (Å²) in [5.41, 5.74) is -0.171. The highest BCUT2D eigenvalue weighted by molar-refractivity contribution is 5.82. The number of nitrogens with zero attached hydrogens (tertiary/aromatic N) is 1. The molecule has 2 N–H and O–H groups in total. The SMILES string of the molecule is CCOC(=O)NC1CCN([C@@H](C)C(=O)NC(C)(C)CC)CC1. The van der Waals surface area contributed by atoms with E-state index in [-0.39, 0.29) is 29.6 Å². The van der Waals surface area contributed by atoms with Crippen molar-refractivity contribution in [3.63, 3.8) is 0 Å². The first-order chi connectivity index (χ1) is 10.3. The third-order valence-corrected chi connectivity index (χ3v) is 4.40. The second-order valence-corrected chi connectivity index (χ2v) is 6.58. The fraction of sp³-hybridized carbons (Fsp3) is 0.875. The minimum atomic E-state index is -0.351. The van der Waals surface area contributed by atoms with Crippen molar-refractivity contribution < 1.29 is 14.3 Å². The zero-order valence-corrected chi connectivity index (χ0v) is 14.6. The van der Waals surface area contributed by atoms with Crippen molar-refractivity contribution in [2.45, 2.75) is 71.5 Å². The van der Waals surface area contributed by atoms with Crippen LogP contribution in [0, 0.1) is 0 Å². The molecule has 0 spiro atoms. The van der Waals surface area contributed by atoms with E-state index >= 15 is 0 Å². The van der Waals surface area contributed by atoms with E-state index < -0.39 is 0 Å². The van der Waals surface area contributed by atoms with Gasteiger partial charge in [-0.1, -0.05) is 6.92 Å². The molecule has 0 aromatic rings. The molecule has 0 bridgehead atoms. The van der Waals surface area contributed by atoms with Crippen molar-refractivity contribution in [1.29, 1.82) is 0 Å². The Labute approximate surface area is 134 Å². The number of hydrogen-bond donors (Lipinski definition) is 2. The molecule has 6 heteroatoms. The predicted molar refractivity (Wildman–Crippen MR) is 86.7 cm³/mol. The molecule has 0 aromatic carbocycles. The van der Waals surface area contributed by atoms with E-state index in [1.54, 1.807) is 6.92 Å². The lowest BCUT2D eigenvalue weighted by atomic mass is 10.00. The topological polar surface area (TPSA) is 70.7 Å². The Balaban J connectivity index is 2.40. The van der Waals surface area contributed by atoms with Gasteiger partial charge >= 0.3 is 6.09 Å². The third kappa shape index (κ3) is 5.83. The van der Waals surface area contributed by atoms with Crippen molar-refractivity contribution >= 4 is 12.0 Å². The molecule has 0 saturated carbocycles. The molecule has 1 aliphatic heterocycles. The van der Waals surface area contributed by atoms with E-state index in [0.29, 0.717) is 6.61 Å². The number of amides is 2. The Morgan fingerprint density at radius 3 is 2.36 bits per heavy atom. The second kappa shape index (κ2) is 8.36. The predicted octanol–water partition coefficient (Wildman–Crippen LogP) is 1.89. The van der Waals surface area contributed by atoms with E-state index in [4.69, 9.17) is 4.74 Å². The van der Waals surface area contributed by atoms with Crippen LogP contribution in [-0.4, -0.2) is 54.2 Å². The van der Waals surface area contributed by atoms with E-state index in [1.807, 2.05) is 20.8 Å². The van der Waals surface area contributed by atoms with Gasteiger partial charge in [0.15, 0.2) is 0 Å². The second-order valence-electron chi connectivity index (χ2n) is 6.58. The van der Waals surface area contributed by atoms with Crippen LogP contribution in [0.3, 0.4) is 0 Å². The lowest BCUT2D eigenvalue weighted by molar-refractivity contribution is -0.128. The first kappa shape index (κ1) is 18.7. The lowest BCUT2D eigenvalue weighted by Gasteiger charge is -2.36. The molecular weight excluding hydrogens is 282 g/mol. The molecule has 1 atom stereocenters. The van der Waals surface area contributed by atoms with Crippen LogP contribution in [0.4, 0.5) is 4.79 Å². The highest BCUT2D eigenvalue weighted by Crippen LogP contribution is 2.15. The summed E-state index contributed by atoms with van der Waals surface area (Å²) in [7, 11) is 0. The Bertz CT molecular complexity index is 377. The fourth-order valence-corrected chi connectivity index (χ4v) is 2.46. The first-order valence-electron chi connectivity index (χ1n) is 8.28. The number of carbonyl (C=O) groups is 2. The number of piperidine rings is 1. The summed E-state index contributed by atoms with van der Waals surface area (Å²) in [6.07, 6.45) is 2.23. The lowest BCUT2D eigenvalue weighted by Crippen LogP contribution is -2.55. The van der Waals surface area contributed by atoms with Gasteiger partial charge in [0.05, 0.1) is 12.6 Å². The van der Waals surface area contributed by atoms with Crippen molar-refractivity contribution in [1.82, 2.24) is 15.5 Å². The van der Waals surface area contributed by atoms with E-state index in [1.165, 1.54) is 0 Å². The van der Waals surface area contributed by atoms with Gasteiger partial charge in [-0.25, -0.2) is 4.79 Å². The van der Waals surface area contributed by atoms with Gasteiger partial charge in [0.1, 0.15) is 0 Å². The van der Waals surface area contributed by atoms with Crippen molar-refractivity contribution in [3.8, 4) is 0 Å². The van der Waals surface area contributed by atoms with Crippen LogP contribution in [-0.2, 0) is 9.53 Å². The smallest absolute Gasteiger partial charge is 0.407 e. The summed E-state index contributed by atoms with van der Waals surface area (Å²) in [4.78, 5) is 25.9. The normalized spacial score (nSPS) is 18.6. The molecule has 1 aliphatic rings. The average Bonchev–Trinajstić information content (AvgIpc) is 2.47. The third-order valence-electron chi connectivity index (χ3n) is 4.40. The molecule has 1 heterocycles. The maximum Gasteiger partial charge on any atom is 0.407 e. The van der Waals surface area contributed by atoms with Gasteiger partial charge in [-0.15, -0.1) is 0 Å². The largest absolute Gasteiger partial charge is 0.450 e. The zero-order chi connectivity index (χ0) is 16.8. The molecule has 1 saturated heterocycles. The summed E-state index contributed by atoms with van der Waals surface area (Å²) in [6.45, 7) is 11.9. The summed E-state index contributed by atoms with van der Waals surface area (Å²) in [6, 6.07) is -0.00740. The van der Waals surface area contributed by atoms with Crippen molar-refractivity contribution in [3.05, 3.63) is 0 Å². The maximum atomic E-state index is 12.3. The van der Waals surface area contributed by atoms with Gasteiger partial charge < -0.3 is 15.4 Å². The Morgan fingerprint density at radius 2 is 1.86 bits per heavy atom. The van der Waals surface area contributed by atoms with Crippen LogP contribution < -0.4 is 10.6 Å². The fourth-order valence-electron chi connectivity index (χ4n) is 2.46. The van der Waals surface area contributed by atoms with Crippen LogP contribution in [0.1, 0.15) is 53.9 Å². The van der Waals surface area contributed by atoms with Crippen molar-refractivity contribution in [2.24, 2.45) is 0 Å². The van der Waals surface area contributed by atoms with E-state index in [2.05, 4.69) is 22.5 Å². The molecule has 128 valence electrons. The van der Waals surface area contributed by atoms with Gasteiger partial charge in [0.2, 0.25) is 5.91 Å². The van der Waals surface area contributed by atoms with E-state index in [0.717, 1.165) is 32.4 Å². The number of hydrogen-bond acceptors (Lipinski definition) is 4. The molecule has 0 aliphatic carbocycles. The maximum absolute atomic E-state index is 12.3. The number of ether oxygens (including phenoxy) is 1. The number of nitrogens with one attached hydrogen (secondary N) is 2. The summed E-state index contributed by atoms with van der Waals surface area (Å²) < 4.78 is 4.90. The Kier molecular flexibility index (Phi) is 7.13. The molecule has 22 heavy (non-hydrogen) atoms. The van der Waals surface area contributed by atoms with Gasteiger partial charge in [-0.05, 0) is 47.0 Å². The van der Waals surface area contributed by atoms with Crippen LogP contribution in [0.15, 0.2) is 0 Å². The molecule has 1 rings (SSSR count). The first-order valence-corrected chi connectivity index (χ1v) is 8.28. The van der Waals surface area contributed by atoms with Gasteiger partial charge in [-0.3, -0.25) is 9.69 Å².